The molecule has 0 amide bonds. The summed E-state index contributed by atoms with van der Waals surface area (Å²) in [5.74, 6) is 1.62. The van der Waals surface area contributed by atoms with Gasteiger partial charge in [-0.3, -0.25) is 0 Å². The van der Waals surface area contributed by atoms with Crippen LogP contribution in [-0.4, -0.2) is 6.54 Å². The minimum absolute atomic E-state index is 0.694. The SMILES string of the molecule is CCNCc1c(Cl)cccc1Oc1cc(C)c(Br)c(C)c1. The Bertz CT molecular complexity index is 620. The molecule has 21 heavy (non-hydrogen) atoms. The molecule has 0 aliphatic carbocycles. The van der Waals surface area contributed by atoms with Gasteiger partial charge in [0.25, 0.3) is 0 Å². The summed E-state index contributed by atoms with van der Waals surface area (Å²) >= 11 is 9.86. The van der Waals surface area contributed by atoms with E-state index < -0.39 is 0 Å². The number of nitrogens with one attached hydrogen (secondary N) is 1. The highest BCUT2D eigenvalue weighted by atomic mass is 79.9. The molecule has 0 bridgehead atoms. The Morgan fingerprint density at radius 1 is 1.19 bits per heavy atom. The second kappa shape index (κ2) is 7.30. The Hall–Kier alpha value is -1.03. The minimum atomic E-state index is 0.694. The van der Waals surface area contributed by atoms with Gasteiger partial charge in [-0.1, -0.05) is 40.5 Å². The number of aryl methyl sites for hydroxylation is 2. The smallest absolute Gasteiger partial charge is 0.133 e. The highest BCUT2D eigenvalue weighted by molar-refractivity contribution is 9.10. The molecule has 0 fully saturated rings. The van der Waals surface area contributed by atoms with Gasteiger partial charge in [0.1, 0.15) is 11.5 Å². The van der Waals surface area contributed by atoms with Gasteiger partial charge in [0.05, 0.1) is 0 Å². The summed E-state index contributed by atoms with van der Waals surface area (Å²) in [6.45, 7) is 7.77. The number of hydrogen-bond acceptors (Lipinski definition) is 2. The molecule has 2 aromatic rings. The van der Waals surface area contributed by atoms with E-state index in [2.05, 4.69) is 42.0 Å². The van der Waals surface area contributed by atoms with Crippen LogP contribution < -0.4 is 10.1 Å². The second-order valence-electron chi connectivity index (χ2n) is 4.97. The average Bonchev–Trinajstić information content (AvgIpc) is 2.44. The van der Waals surface area contributed by atoms with Gasteiger partial charge in [-0.2, -0.15) is 0 Å². The zero-order valence-electron chi connectivity index (χ0n) is 12.5. The first-order valence-corrected chi connectivity index (χ1v) is 8.12. The number of halogens is 2. The van der Waals surface area contributed by atoms with Gasteiger partial charge in [0.2, 0.25) is 0 Å². The van der Waals surface area contributed by atoms with Crippen molar-refractivity contribution >= 4 is 27.5 Å². The molecule has 0 atom stereocenters. The summed E-state index contributed by atoms with van der Waals surface area (Å²) in [7, 11) is 0. The lowest BCUT2D eigenvalue weighted by Crippen LogP contribution is -2.12. The van der Waals surface area contributed by atoms with Crippen molar-refractivity contribution in [3.8, 4) is 11.5 Å². The van der Waals surface area contributed by atoms with Crippen molar-refractivity contribution in [2.75, 3.05) is 6.54 Å². The molecule has 4 heteroatoms. The maximum atomic E-state index is 6.29. The van der Waals surface area contributed by atoms with Gasteiger partial charge < -0.3 is 10.1 Å². The van der Waals surface area contributed by atoms with Crippen LogP contribution in [0.2, 0.25) is 5.02 Å². The maximum absolute atomic E-state index is 6.29. The number of benzene rings is 2. The summed E-state index contributed by atoms with van der Waals surface area (Å²) in [5, 5.41) is 4.01. The highest BCUT2D eigenvalue weighted by Gasteiger charge is 2.10. The zero-order chi connectivity index (χ0) is 15.4. The summed E-state index contributed by atoms with van der Waals surface area (Å²) in [4.78, 5) is 0. The Balaban J connectivity index is 2.33. The molecule has 0 spiro atoms. The predicted octanol–water partition coefficient (Wildman–Crippen LogP) is 5.62. The van der Waals surface area contributed by atoms with Crippen molar-refractivity contribution in [2.24, 2.45) is 0 Å². The first-order chi connectivity index (χ1) is 10.0. The number of rotatable bonds is 5. The molecule has 2 nitrogen and oxygen atoms in total. The van der Waals surface area contributed by atoms with Gasteiger partial charge in [0.15, 0.2) is 0 Å². The Morgan fingerprint density at radius 2 is 1.86 bits per heavy atom. The van der Waals surface area contributed by atoms with E-state index in [1.54, 1.807) is 0 Å². The molecule has 112 valence electrons. The lowest BCUT2D eigenvalue weighted by atomic mass is 10.1. The van der Waals surface area contributed by atoms with Crippen LogP contribution in [0.15, 0.2) is 34.8 Å². The average molecular weight is 369 g/mol. The fourth-order valence-corrected chi connectivity index (χ4v) is 2.61. The molecule has 0 aliphatic rings. The van der Waals surface area contributed by atoms with Crippen LogP contribution >= 0.6 is 27.5 Å². The van der Waals surface area contributed by atoms with Crippen molar-refractivity contribution < 1.29 is 4.74 Å². The third-order valence-electron chi connectivity index (χ3n) is 3.27. The molecule has 0 radical (unpaired) electrons. The van der Waals surface area contributed by atoms with E-state index in [0.29, 0.717) is 6.54 Å². The molecule has 2 aromatic carbocycles. The van der Waals surface area contributed by atoms with Crippen LogP contribution in [0.1, 0.15) is 23.6 Å². The third-order valence-corrected chi connectivity index (χ3v) is 4.87. The van der Waals surface area contributed by atoms with E-state index in [1.807, 2.05) is 30.3 Å². The topological polar surface area (TPSA) is 21.3 Å². The normalized spacial score (nSPS) is 10.7. The molecule has 0 heterocycles. The quantitative estimate of drug-likeness (QED) is 0.739. The molecule has 0 aliphatic heterocycles. The standard InChI is InChI=1S/C17H19BrClNO/c1-4-20-10-14-15(19)6-5-7-16(14)21-13-8-11(2)17(18)12(3)9-13/h5-9,20H,4,10H2,1-3H3. The van der Waals surface area contributed by atoms with E-state index in [4.69, 9.17) is 16.3 Å². The molecule has 2 rings (SSSR count). The summed E-state index contributed by atoms with van der Waals surface area (Å²) in [6, 6.07) is 9.79. The lowest BCUT2D eigenvalue weighted by Gasteiger charge is -2.14. The first kappa shape index (κ1) is 16.3. The predicted molar refractivity (Wildman–Crippen MR) is 92.5 cm³/mol. The van der Waals surface area contributed by atoms with Crippen LogP contribution in [0, 0.1) is 13.8 Å². The third kappa shape index (κ3) is 4.00. The van der Waals surface area contributed by atoms with Gasteiger partial charge >= 0.3 is 0 Å². The lowest BCUT2D eigenvalue weighted by molar-refractivity contribution is 0.472. The highest BCUT2D eigenvalue weighted by Crippen LogP contribution is 2.33. The molecular weight excluding hydrogens is 350 g/mol. The maximum Gasteiger partial charge on any atom is 0.133 e. The minimum Gasteiger partial charge on any atom is -0.457 e. The Morgan fingerprint density at radius 3 is 2.48 bits per heavy atom. The summed E-state index contributed by atoms with van der Waals surface area (Å²) in [6.07, 6.45) is 0. The van der Waals surface area contributed by atoms with E-state index >= 15 is 0 Å². The van der Waals surface area contributed by atoms with Crippen molar-refractivity contribution in [3.63, 3.8) is 0 Å². The van der Waals surface area contributed by atoms with Crippen LogP contribution in [0.4, 0.5) is 0 Å². The van der Waals surface area contributed by atoms with Gasteiger partial charge in [-0.05, 0) is 55.8 Å². The first-order valence-electron chi connectivity index (χ1n) is 6.95. The van der Waals surface area contributed by atoms with Crippen molar-refractivity contribution in [1.82, 2.24) is 5.32 Å². The van der Waals surface area contributed by atoms with Crippen molar-refractivity contribution in [3.05, 3.63) is 56.5 Å². The molecule has 0 unspecified atom stereocenters. The number of hydrogen-bond donors (Lipinski definition) is 1. The van der Waals surface area contributed by atoms with Gasteiger partial charge in [-0.15, -0.1) is 0 Å². The monoisotopic (exact) mass is 367 g/mol. The molecular formula is C17H19BrClNO. The van der Waals surface area contributed by atoms with E-state index in [1.165, 1.54) is 0 Å². The fourth-order valence-electron chi connectivity index (χ4n) is 2.15. The molecule has 0 saturated heterocycles. The fraction of sp³-hybridized carbons (Fsp3) is 0.294. The zero-order valence-corrected chi connectivity index (χ0v) is 14.8. The van der Waals surface area contributed by atoms with Crippen LogP contribution in [0.3, 0.4) is 0 Å². The van der Waals surface area contributed by atoms with Crippen molar-refractivity contribution in [1.29, 1.82) is 0 Å². The largest absolute Gasteiger partial charge is 0.457 e. The van der Waals surface area contributed by atoms with Gasteiger partial charge in [0, 0.05) is 21.6 Å². The molecule has 0 aromatic heterocycles. The van der Waals surface area contributed by atoms with Crippen LogP contribution in [0.5, 0.6) is 11.5 Å². The van der Waals surface area contributed by atoms with E-state index in [9.17, 15) is 0 Å². The van der Waals surface area contributed by atoms with Crippen LogP contribution in [0.25, 0.3) is 0 Å². The van der Waals surface area contributed by atoms with Gasteiger partial charge in [-0.25, -0.2) is 0 Å². The van der Waals surface area contributed by atoms with Crippen LogP contribution in [-0.2, 0) is 6.54 Å². The Labute approximate surface area is 139 Å². The molecule has 0 saturated carbocycles. The van der Waals surface area contributed by atoms with E-state index in [-0.39, 0.29) is 0 Å². The molecule has 1 N–H and O–H groups in total. The number of ether oxygens (including phenoxy) is 1. The summed E-state index contributed by atoms with van der Waals surface area (Å²) in [5.41, 5.74) is 3.29. The Kier molecular flexibility index (Phi) is 5.68. The van der Waals surface area contributed by atoms with E-state index in [0.717, 1.165) is 44.2 Å². The second-order valence-corrected chi connectivity index (χ2v) is 6.17. The van der Waals surface area contributed by atoms with Crippen molar-refractivity contribution in [2.45, 2.75) is 27.3 Å². The summed E-state index contributed by atoms with van der Waals surface area (Å²) < 4.78 is 7.18.